The minimum atomic E-state index is -4.65. The van der Waals surface area contributed by atoms with E-state index in [2.05, 4.69) is 5.32 Å². The molecule has 0 unspecified atom stereocenters. The number of carbonyl (C=O) groups excluding carboxylic acids is 1. The smallest absolute Gasteiger partial charge is 0.350 e. The number of benzene rings is 2. The topological polar surface area (TPSA) is 63.2 Å². The average molecular weight is 420 g/mol. The molecule has 0 saturated carbocycles. The fourth-order valence-electron chi connectivity index (χ4n) is 2.25. The van der Waals surface area contributed by atoms with Crippen molar-refractivity contribution >= 4 is 27.3 Å². The van der Waals surface area contributed by atoms with Crippen LogP contribution in [-0.4, -0.2) is 25.6 Å². The minimum absolute atomic E-state index is 0.284. The van der Waals surface area contributed by atoms with E-state index in [1.54, 1.807) is 0 Å². The highest BCUT2D eigenvalue weighted by Gasteiger charge is 2.38. The van der Waals surface area contributed by atoms with Gasteiger partial charge in [0.2, 0.25) is 0 Å². The standard InChI is InChI=1S/C18H17ClF3NO3S/c1-17(2,11-23-16(24)12-6-8-14(19)9-7-12)27(25,26)15-5-3-4-13(10-15)18(20,21)22/h3-10H,11H2,1-2H3,(H,23,24). The van der Waals surface area contributed by atoms with Crippen LogP contribution in [0.25, 0.3) is 0 Å². The maximum absolute atomic E-state index is 12.9. The van der Waals surface area contributed by atoms with Gasteiger partial charge >= 0.3 is 6.18 Å². The quantitative estimate of drug-likeness (QED) is 0.784. The Morgan fingerprint density at radius 1 is 1.07 bits per heavy atom. The zero-order valence-corrected chi connectivity index (χ0v) is 16.0. The van der Waals surface area contributed by atoms with Gasteiger partial charge in [-0.05, 0) is 56.3 Å². The van der Waals surface area contributed by atoms with Crippen molar-refractivity contribution in [1.29, 1.82) is 0 Å². The first-order valence-electron chi connectivity index (χ1n) is 7.80. The van der Waals surface area contributed by atoms with Gasteiger partial charge in [0.1, 0.15) is 0 Å². The molecule has 9 heteroatoms. The van der Waals surface area contributed by atoms with Gasteiger partial charge in [-0.25, -0.2) is 8.42 Å². The average Bonchev–Trinajstić information content (AvgIpc) is 2.59. The lowest BCUT2D eigenvalue weighted by atomic mass is 10.2. The zero-order chi connectivity index (χ0) is 20.5. The molecule has 0 atom stereocenters. The summed E-state index contributed by atoms with van der Waals surface area (Å²) in [4.78, 5) is 11.7. The van der Waals surface area contributed by atoms with Crippen LogP contribution >= 0.6 is 11.6 Å². The van der Waals surface area contributed by atoms with Crippen LogP contribution in [0.2, 0.25) is 5.02 Å². The lowest BCUT2D eigenvalue weighted by Gasteiger charge is -2.25. The SMILES string of the molecule is CC(C)(CNC(=O)c1ccc(Cl)cc1)S(=O)(=O)c1cccc(C(F)(F)F)c1. The van der Waals surface area contributed by atoms with Gasteiger partial charge in [-0.3, -0.25) is 4.79 Å². The Bertz CT molecular complexity index is 939. The Morgan fingerprint density at radius 2 is 1.67 bits per heavy atom. The molecule has 27 heavy (non-hydrogen) atoms. The minimum Gasteiger partial charge on any atom is -0.350 e. The molecule has 0 saturated heterocycles. The third-order valence-corrected chi connectivity index (χ3v) is 6.71. The van der Waals surface area contributed by atoms with Crippen LogP contribution in [-0.2, 0) is 16.0 Å². The Morgan fingerprint density at radius 3 is 2.22 bits per heavy atom. The largest absolute Gasteiger partial charge is 0.416 e. The molecule has 0 heterocycles. The normalized spacial score (nSPS) is 12.7. The van der Waals surface area contributed by atoms with E-state index in [1.807, 2.05) is 0 Å². The summed E-state index contributed by atoms with van der Waals surface area (Å²) >= 11 is 5.75. The summed E-state index contributed by atoms with van der Waals surface area (Å²) in [6.07, 6.45) is -4.65. The molecular weight excluding hydrogens is 403 g/mol. The molecule has 1 N–H and O–H groups in total. The molecule has 146 valence electrons. The Hall–Kier alpha value is -2.06. The van der Waals surface area contributed by atoms with Crippen molar-refractivity contribution in [3.05, 3.63) is 64.7 Å². The van der Waals surface area contributed by atoms with Gasteiger partial charge in [-0.1, -0.05) is 17.7 Å². The number of alkyl halides is 3. The Balaban J connectivity index is 2.21. The molecular formula is C18H17ClF3NO3S. The van der Waals surface area contributed by atoms with Crippen LogP contribution in [0.1, 0.15) is 29.8 Å². The van der Waals surface area contributed by atoms with Crippen molar-refractivity contribution in [3.63, 3.8) is 0 Å². The van der Waals surface area contributed by atoms with Crippen LogP contribution < -0.4 is 5.32 Å². The fourth-order valence-corrected chi connectivity index (χ4v) is 3.82. The summed E-state index contributed by atoms with van der Waals surface area (Å²) in [5.41, 5.74) is -0.767. The molecule has 2 aromatic rings. The predicted octanol–water partition coefficient (Wildman–Crippen LogP) is 4.34. The van der Waals surface area contributed by atoms with Gasteiger partial charge in [0, 0.05) is 17.1 Å². The van der Waals surface area contributed by atoms with Gasteiger partial charge < -0.3 is 5.32 Å². The second-order valence-corrected chi connectivity index (χ2v) is 9.50. The number of halogens is 4. The summed E-state index contributed by atoms with van der Waals surface area (Å²) in [5, 5.41) is 2.94. The van der Waals surface area contributed by atoms with E-state index in [4.69, 9.17) is 11.6 Å². The van der Waals surface area contributed by atoms with E-state index in [0.717, 1.165) is 18.2 Å². The van der Waals surface area contributed by atoms with Gasteiger partial charge in [0.15, 0.2) is 9.84 Å². The van der Waals surface area contributed by atoms with Crippen molar-refractivity contribution in [2.75, 3.05) is 6.54 Å². The number of carbonyl (C=O) groups is 1. The molecule has 1 amide bonds. The van der Waals surface area contributed by atoms with Gasteiger partial charge in [-0.2, -0.15) is 13.2 Å². The summed E-state index contributed by atoms with van der Waals surface area (Å²) in [5.74, 6) is -0.515. The molecule has 2 rings (SSSR count). The molecule has 0 aliphatic heterocycles. The second kappa shape index (κ2) is 7.52. The van der Waals surface area contributed by atoms with E-state index in [9.17, 15) is 26.4 Å². The zero-order valence-electron chi connectivity index (χ0n) is 14.5. The first-order valence-corrected chi connectivity index (χ1v) is 9.66. The van der Waals surface area contributed by atoms with Gasteiger partial charge in [-0.15, -0.1) is 0 Å². The molecule has 0 bridgehead atoms. The summed E-state index contributed by atoms with van der Waals surface area (Å²) < 4.78 is 62.6. The molecule has 0 fully saturated rings. The van der Waals surface area contributed by atoms with E-state index in [1.165, 1.54) is 38.1 Å². The Kier molecular flexibility index (Phi) is 5.91. The maximum atomic E-state index is 12.9. The van der Waals surface area contributed by atoms with Gasteiger partial charge in [0.05, 0.1) is 15.2 Å². The maximum Gasteiger partial charge on any atom is 0.416 e. The summed E-state index contributed by atoms with van der Waals surface area (Å²) in [6, 6.07) is 9.53. The fraction of sp³-hybridized carbons (Fsp3) is 0.278. The molecule has 4 nitrogen and oxygen atoms in total. The van der Waals surface area contributed by atoms with E-state index >= 15 is 0 Å². The predicted molar refractivity (Wildman–Crippen MR) is 96.5 cm³/mol. The summed E-state index contributed by atoms with van der Waals surface area (Å²) in [7, 11) is -4.14. The number of sulfone groups is 1. The third-order valence-electron chi connectivity index (χ3n) is 3.98. The van der Waals surface area contributed by atoms with Crippen LogP contribution in [0.5, 0.6) is 0 Å². The lowest BCUT2D eigenvalue weighted by molar-refractivity contribution is -0.137. The number of hydrogen-bond donors (Lipinski definition) is 1. The van der Waals surface area contributed by atoms with Crippen molar-refractivity contribution in [3.8, 4) is 0 Å². The molecule has 0 aromatic heterocycles. The first-order chi connectivity index (χ1) is 12.3. The van der Waals surface area contributed by atoms with Crippen molar-refractivity contribution < 1.29 is 26.4 Å². The highest BCUT2D eigenvalue weighted by atomic mass is 35.5. The number of amides is 1. The molecule has 2 aromatic carbocycles. The summed E-state index contributed by atoms with van der Waals surface area (Å²) in [6.45, 7) is 2.39. The molecule has 0 spiro atoms. The molecule has 0 aliphatic rings. The second-order valence-electron chi connectivity index (χ2n) is 6.48. The highest BCUT2D eigenvalue weighted by molar-refractivity contribution is 7.92. The number of rotatable bonds is 5. The van der Waals surface area contributed by atoms with E-state index < -0.39 is 37.1 Å². The van der Waals surface area contributed by atoms with Gasteiger partial charge in [0.25, 0.3) is 5.91 Å². The van der Waals surface area contributed by atoms with Crippen molar-refractivity contribution in [2.45, 2.75) is 29.7 Å². The van der Waals surface area contributed by atoms with Crippen molar-refractivity contribution in [1.82, 2.24) is 5.32 Å². The van der Waals surface area contributed by atoms with Crippen LogP contribution in [0.3, 0.4) is 0 Å². The van der Waals surface area contributed by atoms with E-state index in [-0.39, 0.29) is 12.1 Å². The number of nitrogens with one attached hydrogen (secondary N) is 1. The Labute approximate surface area is 160 Å². The number of hydrogen-bond acceptors (Lipinski definition) is 3. The van der Waals surface area contributed by atoms with Crippen LogP contribution in [0, 0.1) is 0 Å². The van der Waals surface area contributed by atoms with E-state index in [0.29, 0.717) is 11.1 Å². The van der Waals surface area contributed by atoms with Crippen molar-refractivity contribution in [2.24, 2.45) is 0 Å². The third kappa shape index (κ3) is 4.81. The van der Waals surface area contributed by atoms with Crippen LogP contribution in [0.4, 0.5) is 13.2 Å². The monoisotopic (exact) mass is 419 g/mol. The highest BCUT2D eigenvalue weighted by Crippen LogP contribution is 2.33. The molecule has 0 aliphatic carbocycles. The molecule has 0 radical (unpaired) electrons. The lowest BCUT2D eigenvalue weighted by Crippen LogP contribution is -2.44. The first kappa shape index (κ1) is 21.2. The van der Waals surface area contributed by atoms with Crippen LogP contribution in [0.15, 0.2) is 53.4 Å².